The van der Waals surface area contributed by atoms with Crippen molar-refractivity contribution in [3.05, 3.63) is 29.3 Å². The summed E-state index contributed by atoms with van der Waals surface area (Å²) in [5, 5.41) is 2.76. The average Bonchev–Trinajstić information content (AvgIpc) is 3.02. The Balaban J connectivity index is 2.22. The second-order valence-electron chi connectivity index (χ2n) is 5.80. The third kappa shape index (κ3) is 3.71. The summed E-state index contributed by atoms with van der Waals surface area (Å²) in [6.07, 6.45) is -2.95. The predicted molar refractivity (Wildman–Crippen MR) is 84.6 cm³/mol. The number of aryl methyl sites for hydroxylation is 2. The van der Waals surface area contributed by atoms with Gasteiger partial charge in [-0.3, -0.25) is 9.59 Å². The minimum atomic E-state index is -4.96. The van der Waals surface area contributed by atoms with Gasteiger partial charge in [0.15, 0.2) is 0 Å². The molecule has 1 fully saturated rings. The maximum Gasteiger partial charge on any atom is 0.471 e. The molecular formula is C17H21F3N2O2. The zero-order valence-corrected chi connectivity index (χ0v) is 13.7. The smallest absolute Gasteiger partial charge is 0.324 e. The Kier molecular flexibility index (Phi) is 5.51. The highest BCUT2D eigenvalue weighted by molar-refractivity contribution is 5.99. The van der Waals surface area contributed by atoms with Crippen LogP contribution in [0.2, 0.25) is 0 Å². The number of anilines is 1. The number of likely N-dealkylation sites (tertiary alicyclic amines) is 1. The second-order valence-corrected chi connectivity index (χ2v) is 5.80. The van der Waals surface area contributed by atoms with E-state index in [4.69, 9.17) is 0 Å². The monoisotopic (exact) mass is 342 g/mol. The summed E-state index contributed by atoms with van der Waals surface area (Å²) in [6.45, 7) is 3.84. The van der Waals surface area contributed by atoms with Crippen LogP contribution in [0.25, 0.3) is 0 Å². The Labute approximate surface area is 139 Å². The summed E-state index contributed by atoms with van der Waals surface area (Å²) in [5.74, 6) is -2.50. The van der Waals surface area contributed by atoms with Crippen molar-refractivity contribution in [2.24, 2.45) is 0 Å². The summed E-state index contributed by atoms with van der Waals surface area (Å²) in [6, 6.07) is 4.57. The van der Waals surface area contributed by atoms with Crippen molar-refractivity contribution in [2.45, 2.75) is 51.7 Å². The lowest BCUT2D eigenvalue weighted by molar-refractivity contribution is -0.186. The molecule has 1 aliphatic rings. The Morgan fingerprint density at radius 3 is 2.29 bits per heavy atom. The van der Waals surface area contributed by atoms with Gasteiger partial charge in [-0.05, 0) is 36.8 Å². The summed E-state index contributed by atoms with van der Waals surface area (Å²) >= 11 is 0. The number of carbonyl (C=O) groups is 2. The molecule has 1 aliphatic heterocycles. The molecule has 24 heavy (non-hydrogen) atoms. The molecule has 1 atom stereocenters. The number of alkyl halides is 3. The third-order valence-corrected chi connectivity index (χ3v) is 4.31. The summed E-state index contributed by atoms with van der Waals surface area (Å²) in [7, 11) is 0. The van der Waals surface area contributed by atoms with Crippen molar-refractivity contribution in [3.63, 3.8) is 0 Å². The zero-order chi connectivity index (χ0) is 17.9. The van der Waals surface area contributed by atoms with Gasteiger partial charge in [-0.15, -0.1) is 0 Å². The Bertz CT molecular complexity index is 607. The normalized spacial score (nSPS) is 17.9. The maximum absolute atomic E-state index is 12.7. The number of hydrogen-bond donors (Lipinski definition) is 1. The average molecular weight is 342 g/mol. The van der Waals surface area contributed by atoms with Gasteiger partial charge in [0.1, 0.15) is 6.04 Å². The van der Waals surface area contributed by atoms with E-state index in [1.807, 2.05) is 32.0 Å². The van der Waals surface area contributed by atoms with Crippen LogP contribution >= 0.6 is 0 Å². The maximum atomic E-state index is 12.7. The van der Waals surface area contributed by atoms with Gasteiger partial charge in [-0.25, -0.2) is 0 Å². The van der Waals surface area contributed by atoms with Crippen LogP contribution < -0.4 is 5.32 Å². The van der Waals surface area contributed by atoms with Gasteiger partial charge in [0.25, 0.3) is 0 Å². The van der Waals surface area contributed by atoms with E-state index in [9.17, 15) is 22.8 Å². The lowest BCUT2D eigenvalue weighted by Crippen LogP contribution is -2.48. The first kappa shape index (κ1) is 18.3. The van der Waals surface area contributed by atoms with Crippen LogP contribution in [0.1, 0.15) is 37.8 Å². The molecule has 0 saturated carbocycles. The van der Waals surface area contributed by atoms with E-state index in [1.165, 1.54) is 0 Å². The van der Waals surface area contributed by atoms with E-state index >= 15 is 0 Å². The van der Waals surface area contributed by atoms with Gasteiger partial charge in [-0.1, -0.05) is 32.0 Å². The number of para-hydroxylation sites is 1. The fraction of sp³-hybridized carbons (Fsp3) is 0.529. The van der Waals surface area contributed by atoms with Crippen molar-refractivity contribution >= 4 is 17.5 Å². The number of amides is 2. The lowest BCUT2D eigenvalue weighted by atomic mass is 10.0. The quantitative estimate of drug-likeness (QED) is 0.913. The van der Waals surface area contributed by atoms with E-state index < -0.39 is 24.0 Å². The van der Waals surface area contributed by atoms with E-state index in [1.54, 1.807) is 0 Å². The van der Waals surface area contributed by atoms with Crippen molar-refractivity contribution in [1.82, 2.24) is 4.90 Å². The van der Waals surface area contributed by atoms with Crippen LogP contribution in [0.5, 0.6) is 0 Å². The molecule has 1 heterocycles. The first-order valence-corrected chi connectivity index (χ1v) is 8.09. The number of nitrogens with zero attached hydrogens (tertiary/aromatic N) is 1. The third-order valence-electron chi connectivity index (χ3n) is 4.31. The van der Waals surface area contributed by atoms with Crippen LogP contribution in [0.4, 0.5) is 18.9 Å². The first-order valence-electron chi connectivity index (χ1n) is 8.09. The van der Waals surface area contributed by atoms with Gasteiger partial charge in [0.05, 0.1) is 0 Å². The predicted octanol–water partition coefficient (Wildman–Crippen LogP) is 3.30. The molecule has 0 spiro atoms. The van der Waals surface area contributed by atoms with Crippen molar-refractivity contribution < 1.29 is 22.8 Å². The van der Waals surface area contributed by atoms with Crippen LogP contribution in [-0.4, -0.2) is 35.5 Å². The molecule has 0 bridgehead atoms. The van der Waals surface area contributed by atoms with Crippen LogP contribution in [0.3, 0.4) is 0 Å². The molecule has 1 aromatic rings. The van der Waals surface area contributed by atoms with E-state index in [0.717, 1.165) is 11.1 Å². The molecule has 1 aromatic carbocycles. The van der Waals surface area contributed by atoms with Gasteiger partial charge in [0, 0.05) is 12.2 Å². The topological polar surface area (TPSA) is 49.4 Å². The SMILES string of the molecule is CCc1cccc(CC)c1NC(=O)C1CCCN1C(=O)C(F)(F)F. The van der Waals surface area contributed by atoms with Crippen LogP contribution in [0.15, 0.2) is 18.2 Å². The largest absolute Gasteiger partial charge is 0.471 e. The minimum absolute atomic E-state index is 0.0491. The fourth-order valence-electron chi connectivity index (χ4n) is 3.05. The molecule has 7 heteroatoms. The number of rotatable bonds is 4. The molecule has 0 radical (unpaired) electrons. The highest BCUT2D eigenvalue weighted by Gasteiger charge is 2.47. The molecule has 132 valence electrons. The number of carbonyl (C=O) groups excluding carboxylic acids is 2. The van der Waals surface area contributed by atoms with Crippen LogP contribution in [0, 0.1) is 0 Å². The van der Waals surface area contributed by atoms with Gasteiger partial charge >= 0.3 is 12.1 Å². The second kappa shape index (κ2) is 7.23. The highest BCUT2D eigenvalue weighted by Crippen LogP contribution is 2.28. The molecule has 4 nitrogen and oxygen atoms in total. The summed E-state index contributed by atoms with van der Waals surface area (Å²) < 4.78 is 38.0. The molecule has 0 aromatic heterocycles. The lowest BCUT2D eigenvalue weighted by Gasteiger charge is -2.25. The Morgan fingerprint density at radius 2 is 1.79 bits per heavy atom. The number of nitrogens with one attached hydrogen (secondary N) is 1. The molecule has 2 amide bonds. The zero-order valence-electron chi connectivity index (χ0n) is 13.7. The standard InChI is InChI=1S/C17H21F3N2O2/c1-3-11-7-5-8-12(4-2)14(11)21-15(23)13-9-6-10-22(13)16(24)17(18,19)20/h5,7-8,13H,3-4,6,9-10H2,1-2H3,(H,21,23). The molecular weight excluding hydrogens is 321 g/mol. The fourth-order valence-corrected chi connectivity index (χ4v) is 3.05. The van der Waals surface area contributed by atoms with Crippen molar-refractivity contribution in [2.75, 3.05) is 11.9 Å². The van der Waals surface area contributed by atoms with Gasteiger partial charge < -0.3 is 10.2 Å². The van der Waals surface area contributed by atoms with Crippen molar-refractivity contribution in [1.29, 1.82) is 0 Å². The highest BCUT2D eigenvalue weighted by atomic mass is 19.4. The van der Waals surface area contributed by atoms with Crippen LogP contribution in [-0.2, 0) is 22.4 Å². The minimum Gasteiger partial charge on any atom is -0.324 e. The van der Waals surface area contributed by atoms with Crippen molar-refractivity contribution in [3.8, 4) is 0 Å². The Morgan fingerprint density at radius 1 is 1.21 bits per heavy atom. The van der Waals surface area contributed by atoms with E-state index in [0.29, 0.717) is 29.8 Å². The molecule has 1 unspecified atom stereocenters. The van der Waals surface area contributed by atoms with E-state index in [2.05, 4.69) is 5.32 Å². The first-order chi connectivity index (χ1) is 11.3. The van der Waals surface area contributed by atoms with E-state index in [-0.39, 0.29) is 13.0 Å². The summed E-state index contributed by atoms with van der Waals surface area (Å²) in [5.41, 5.74) is 2.50. The van der Waals surface area contributed by atoms with Gasteiger partial charge in [0.2, 0.25) is 5.91 Å². The molecule has 2 rings (SSSR count). The molecule has 1 N–H and O–H groups in total. The number of hydrogen-bond acceptors (Lipinski definition) is 2. The number of halogens is 3. The molecule has 1 saturated heterocycles. The summed E-state index contributed by atoms with van der Waals surface area (Å²) in [4.78, 5) is 24.7. The Hall–Kier alpha value is -2.05. The molecule has 0 aliphatic carbocycles. The van der Waals surface area contributed by atoms with Gasteiger partial charge in [-0.2, -0.15) is 13.2 Å². The number of benzene rings is 1.